The lowest BCUT2D eigenvalue weighted by molar-refractivity contribution is -0.141. The van der Waals surface area contributed by atoms with E-state index in [0.717, 1.165) is 31.6 Å². The molecule has 0 saturated carbocycles. The normalized spacial score (nSPS) is 11.9. The highest BCUT2D eigenvalue weighted by Gasteiger charge is 2.28. The molecule has 188 valence electrons. The van der Waals surface area contributed by atoms with Gasteiger partial charge in [-0.1, -0.05) is 6.42 Å². The third-order valence-corrected chi connectivity index (χ3v) is 6.44. The topological polar surface area (TPSA) is 127 Å². The van der Waals surface area contributed by atoms with Crippen LogP contribution in [-0.4, -0.2) is 95.4 Å². The molecule has 1 heterocycles. The zero-order chi connectivity index (χ0) is 25.0. The number of rotatable bonds is 15. The van der Waals surface area contributed by atoms with Gasteiger partial charge in [0.25, 0.3) is 0 Å². The first-order valence-electron chi connectivity index (χ1n) is 11.2. The van der Waals surface area contributed by atoms with Crippen LogP contribution in [0.5, 0.6) is 11.8 Å². The van der Waals surface area contributed by atoms with E-state index in [2.05, 4.69) is 10.6 Å². The lowest BCUT2D eigenvalue weighted by atomic mass is 10.1. The van der Waals surface area contributed by atoms with Gasteiger partial charge in [0.15, 0.2) is 5.88 Å². The van der Waals surface area contributed by atoms with Gasteiger partial charge in [-0.25, -0.2) is 0 Å². The predicted octanol–water partition coefficient (Wildman–Crippen LogP) is 1.12. The average Bonchev–Trinajstić information content (AvgIpc) is 3.02. The molecule has 3 amide bonds. The number of carbonyl (C=O) groups is 3. The Hall–Kier alpha value is -2.40. The lowest BCUT2D eigenvalue weighted by Crippen LogP contribution is -2.50. The Morgan fingerprint density at radius 3 is 2.39 bits per heavy atom. The molecule has 0 aliphatic heterocycles. The van der Waals surface area contributed by atoms with Gasteiger partial charge in [-0.15, -0.1) is 11.8 Å². The van der Waals surface area contributed by atoms with E-state index < -0.39 is 6.04 Å². The fourth-order valence-corrected chi connectivity index (χ4v) is 4.18. The van der Waals surface area contributed by atoms with Crippen LogP contribution < -0.4 is 10.6 Å². The first kappa shape index (κ1) is 28.6. The minimum Gasteiger partial charge on any atom is -0.494 e. The van der Waals surface area contributed by atoms with Crippen molar-refractivity contribution >= 4 is 29.5 Å². The van der Waals surface area contributed by atoms with Gasteiger partial charge in [0, 0.05) is 40.2 Å². The van der Waals surface area contributed by atoms with Crippen molar-refractivity contribution in [2.45, 2.75) is 49.5 Å². The second kappa shape index (κ2) is 14.7. The first-order valence-corrected chi connectivity index (χ1v) is 12.2. The molecule has 0 aromatic carbocycles. The maximum Gasteiger partial charge on any atom is 0.243 e. The van der Waals surface area contributed by atoms with Crippen LogP contribution in [0.3, 0.4) is 0 Å². The summed E-state index contributed by atoms with van der Waals surface area (Å²) in [5, 5.41) is 24.8. The number of thioether (sulfide) groups is 1. The molecular formula is C22H39N5O5S. The summed E-state index contributed by atoms with van der Waals surface area (Å²) < 4.78 is 1.31. The van der Waals surface area contributed by atoms with E-state index in [1.165, 1.54) is 34.3 Å². The fourth-order valence-electron chi connectivity index (χ4n) is 3.15. The number of carbonyl (C=O) groups excluding carboxylic acids is 3. The van der Waals surface area contributed by atoms with Gasteiger partial charge in [0.2, 0.25) is 23.6 Å². The van der Waals surface area contributed by atoms with Gasteiger partial charge in [0.05, 0.1) is 11.3 Å². The summed E-state index contributed by atoms with van der Waals surface area (Å²) in [5.41, 5.74) is 0. The Morgan fingerprint density at radius 1 is 1.12 bits per heavy atom. The smallest absolute Gasteiger partial charge is 0.243 e. The molecule has 1 aromatic rings. The van der Waals surface area contributed by atoms with Gasteiger partial charge >= 0.3 is 0 Å². The second-order valence-electron chi connectivity index (χ2n) is 8.25. The summed E-state index contributed by atoms with van der Waals surface area (Å²) in [6, 6.07) is 0.678. The van der Waals surface area contributed by atoms with E-state index in [1.54, 1.807) is 14.1 Å². The maximum absolute atomic E-state index is 12.7. The SMILES string of the molecule is CNC(=O)CC(C(=O)NCCCN(C)C)N(C)C(=O)CCCCCSc1cc(O)n(C)c1O. The molecule has 0 radical (unpaired) electrons. The molecule has 4 N–H and O–H groups in total. The minimum absolute atomic E-state index is 0.0108. The lowest BCUT2D eigenvalue weighted by Gasteiger charge is -2.27. The van der Waals surface area contributed by atoms with Gasteiger partial charge in [0.1, 0.15) is 6.04 Å². The molecule has 33 heavy (non-hydrogen) atoms. The first-order chi connectivity index (χ1) is 15.6. The van der Waals surface area contributed by atoms with Crippen molar-refractivity contribution < 1.29 is 24.6 Å². The third-order valence-electron chi connectivity index (χ3n) is 5.34. The van der Waals surface area contributed by atoms with Crippen LogP contribution in [0.1, 0.15) is 38.5 Å². The Morgan fingerprint density at radius 2 is 1.82 bits per heavy atom. The van der Waals surface area contributed by atoms with Crippen LogP contribution in [0.2, 0.25) is 0 Å². The van der Waals surface area contributed by atoms with Crippen molar-refractivity contribution in [1.82, 2.24) is 25.0 Å². The molecule has 1 atom stereocenters. The van der Waals surface area contributed by atoms with Crippen molar-refractivity contribution in [1.29, 1.82) is 0 Å². The van der Waals surface area contributed by atoms with E-state index in [-0.39, 0.29) is 42.3 Å². The highest BCUT2D eigenvalue weighted by molar-refractivity contribution is 7.99. The number of likely N-dealkylation sites (N-methyl/N-ethyl adjacent to an activating group) is 1. The van der Waals surface area contributed by atoms with Gasteiger partial charge in [-0.05, 0) is 45.7 Å². The quantitative estimate of drug-likeness (QED) is 0.217. The molecule has 1 aromatic heterocycles. The van der Waals surface area contributed by atoms with Crippen LogP contribution >= 0.6 is 11.8 Å². The van der Waals surface area contributed by atoms with Gasteiger partial charge in [-0.2, -0.15) is 0 Å². The van der Waals surface area contributed by atoms with Crippen LogP contribution in [0.4, 0.5) is 0 Å². The summed E-state index contributed by atoms with van der Waals surface area (Å²) in [6.07, 6.45) is 3.29. The molecule has 11 heteroatoms. The van der Waals surface area contributed by atoms with Gasteiger partial charge < -0.3 is 30.6 Å². The zero-order valence-corrected chi connectivity index (χ0v) is 21.2. The third kappa shape index (κ3) is 9.95. The zero-order valence-electron chi connectivity index (χ0n) is 20.4. The van der Waals surface area contributed by atoms with E-state index in [1.807, 2.05) is 19.0 Å². The number of hydrogen-bond acceptors (Lipinski definition) is 7. The Labute approximate surface area is 200 Å². The Balaban J connectivity index is 2.45. The van der Waals surface area contributed by atoms with Crippen LogP contribution in [0.15, 0.2) is 11.0 Å². The fraction of sp³-hybridized carbons (Fsp3) is 0.682. The molecule has 0 spiro atoms. The summed E-state index contributed by atoms with van der Waals surface area (Å²) in [5.74, 6) is -0.0000128. The highest BCUT2D eigenvalue weighted by Crippen LogP contribution is 2.34. The Kier molecular flexibility index (Phi) is 12.7. The number of hydrogen-bond donors (Lipinski definition) is 4. The largest absolute Gasteiger partial charge is 0.494 e. The highest BCUT2D eigenvalue weighted by atomic mass is 32.2. The summed E-state index contributed by atoms with van der Waals surface area (Å²) in [7, 11) is 8.56. The molecule has 1 rings (SSSR count). The van der Waals surface area contributed by atoms with Crippen molar-refractivity contribution in [3.05, 3.63) is 6.07 Å². The number of aromatic hydroxyl groups is 2. The predicted molar refractivity (Wildman–Crippen MR) is 129 cm³/mol. The van der Waals surface area contributed by atoms with Crippen molar-refractivity contribution in [2.24, 2.45) is 7.05 Å². The van der Waals surface area contributed by atoms with E-state index in [9.17, 15) is 24.6 Å². The maximum atomic E-state index is 12.7. The molecule has 10 nitrogen and oxygen atoms in total. The van der Waals surface area contributed by atoms with Crippen molar-refractivity contribution in [3.8, 4) is 11.8 Å². The van der Waals surface area contributed by atoms with E-state index in [4.69, 9.17) is 0 Å². The van der Waals surface area contributed by atoms with Crippen molar-refractivity contribution in [3.63, 3.8) is 0 Å². The monoisotopic (exact) mass is 485 g/mol. The number of amides is 3. The number of unbranched alkanes of at least 4 members (excludes halogenated alkanes) is 2. The van der Waals surface area contributed by atoms with Crippen molar-refractivity contribution in [2.75, 3.05) is 47.0 Å². The van der Waals surface area contributed by atoms with E-state index in [0.29, 0.717) is 17.9 Å². The summed E-state index contributed by atoms with van der Waals surface area (Å²) in [4.78, 5) is 41.2. The molecule has 0 saturated heterocycles. The molecule has 1 unspecified atom stereocenters. The number of aromatic nitrogens is 1. The molecule has 0 aliphatic carbocycles. The average molecular weight is 486 g/mol. The number of nitrogens with zero attached hydrogens (tertiary/aromatic N) is 3. The molecule has 0 bridgehead atoms. The van der Waals surface area contributed by atoms with Crippen LogP contribution in [0, 0.1) is 0 Å². The standard InChI is InChI=1S/C22H39N5O5S/c1-23-18(28)14-16(21(31)24-11-9-12-25(2)3)26(4)19(29)10-7-6-8-13-33-17-15-20(30)27(5)22(17)32/h15-16,30,32H,6-14H2,1-5H3,(H,23,28)(H,24,31). The second-order valence-corrected chi connectivity index (χ2v) is 9.39. The number of nitrogens with one attached hydrogen (secondary N) is 2. The van der Waals surface area contributed by atoms with Gasteiger partial charge in [-0.3, -0.25) is 19.0 Å². The molecule has 0 aliphatic rings. The molecule has 0 fully saturated rings. The minimum atomic E-state index is -0.846. The Bertz CT molecular complexity index is 783. The van der Waals surface area contributed by atoms with Crippen LogP contribution in [0.25, 0.3) is 0 Å². The van der Waals surface area contributed by atoms with E-state index >= 15 is 0 Å². The summed E-state index contributed by atoms with van der Waals surface area (Å²) in [6.45, 7) is 1.31. The summed E-state index contributed by atoms with van der Waals surface area (Å²) >= 11 is 1.45. The van der Waals surface area contributed by atoms with Crippen LogP contribution in [-0.2, 0) is 21.4 Å². The molecular weight excluding hydrogens is 446 g/mol.